The molecule has 0 heterocycles. The van der Waals surface area contributed by atoms with Crippen molar-refractivity contribution in [3.8, 4) is 0 Å². The molecule has 36 heavy (non-hydrogen) atoms. The summed E-state index contributed by atoms with van der Waals surface area (Å²) in [6, 6.07) is 15.5. The largest absolute Gasteiger partial charge is 0.352 e. The van der Waals surface area contributed by atoms with E-state index in [-0.39, 0.29) is 11.9 Å². The van der Waals surface area contributed by atoms with E-state index in [9.17, 15) is 18.0 Å². The number of nitrogens with one attached hydrogen (secondary N) is 1. The molecule has 0 unspecified atom stereocenters. The number of carbonyl (C=O) groups excluding carboxylic acids is 2. The monoisotopic (exact) mass is 533 g/mol. The quantitative estimate of drug-likeness (QED) is 0.463. The normalized spacial score (nSPS) is 15.2. The molecule has 0 aromatic heterocycles. The van der Waals surface area contributed by atoms with Crippen LogP contribution in [0.1, 0.15) is 51.0 Å². The molecule has 1 saturated carbocycles. The Balaban J connectivity index is 1.84. The zero-order chi connectivity index (χ0) is 26.1. The van der Waals surface area contributed by atoms with E-state index in [0.29, 0.717) is 30.1 Å². The summed E-state index contributed by atoms with van der Waals surface area (Å²) in [5.74, 6) is -0.597. The number of amides is 2. The van der Waals surface area contributed by atoms with Crippen molar-refractivity contribution >= 4 is 39.1 Å². The van der Waals surface area contributed by atoms with E-state index in [4.69, 9.17) is 11.6 Å². The van der Waals surface area contributed by atoms with Crippen LogP contribution in [-0.2, 0) is 26.0 Å². The summed E-state index contributed by atoms with van der Waals surface area (Å²) in [4.78, 5) is 28.6. The lowest BCUT2D eigenvalue weighted by atomic mass is 9.95. The van der Waals surface area contributed by atoms with Crippen LogP contribution in [0, 0.1) is 0 Å². The van der Waals surface area contributed by atoms with E-state index >= 15 is 0 Å². The number of halogens is 1. The van der Waals surface area contributed by atoms with Gasteiger partial charge in [-0.25, -0.2) is 8.42 Å². The van der Waals surface area contributed by atoms with E-state index in [1.165, 1.54) is 6.42 Å². The Morgan fingerprint density at radius 3 is 2.25 bits per heavy atom. The van der Waals surface area contributed by atoms with Gasteiger partial charge in [0.25, 0.3) is 0 Å². The molecule has 1 fully saturated rings. The topological polar surface area (TPSA) is 86.8 Å². The summed E-state index contributed by atoms with van der Waals surface area (Å²) < 4.78 is 26.3. The minimum atomic E-state index is -3.76. The van der Waals surface area contributed by atoms with Crippen LogP contribution < -0.4 is 9.62 Å². The molecular weight excluding hydrogens is 498 g/mol. The molecule has 196 valence electrons. The predicted molar refractivity (Wildman–Crippen MR) is 145 cm³/mol. The van der Waals surface area contributed by atoms with Crippen LogP contribution in [0.25, 0.3) is 0 Å². The summed E-state index contributed by atoms with van der Waals surface area (Å²) in [6.07, 6.45) is 7.29. The first kappa shape index (κ1) is 28.0. The van der Waals surface area contributed by atoms with Crippen LogP contribution in [0.4, 0.5) is 5.69 Å². The highest BCUT2D eigenvalue weighted by Gasteiger charge is 2.32. The van der Waals surface area contributed by atoms with Crippen molar-refractivity contribution < 1.29 is 18.0 Å². The second-order valence-corrected chi connectivity index (χ2v) is 11.7. The van der Waals surface area contributed by atoms with E-state index in [2.05, 4.69) is 5.32 Å². The molecule has 3 rings (SSSR count). The zero-order valence-electron chi connectivity index (χ0n) is 21.0. The fourth-order valence-electron chi connectivity index (χ4n) is 4.66. The van der Waals surface area contributed by atoms with Gasteiger partial charge >= 0.3 is 0 Å². The van der Waals surface area contributed by atoms with E-state index < -0.39 is 28.5 Å². The van der Waals surface area contributed by atoms with Crippen molar-refractivity contribution in [1.29, 1.82) is 0 Å². The predicted octanol–water partition coefficient (Wildman–Crippen LogP) is 4.40. The van der Waals surface area contributed by atoms with Crippen LogP contribution in [-0.4, -0.2) is 56.6 Å². The highest BCUT2D eigenvalue weighted by atomic mass is 35.5. The van der Waals surface area contributed by atoms with Crippen molar-refractivity contribution in [3.63, 3.8) is 0 Å². The second-order valence-electron chi connectivity index (χ2n) is 9.34. The molecule has 0 spiro atoms. The number of hydrogen-bond acceptors (Lipinski definition) is 4. The molecule has 1 aliphatic carbocycles. The van der Waals surface area contributed by atoms with Crippen LogP contribution in [0.3, 0.4) is 0 Å². The van der Waals surface area contributed by atoms with Gasteiger partial charge in [0.15, 0.2) is 0 Å². The Labute approximate surface area is 219 Å². The van der Waals surface area contributed by atoms with Crippen molar-refractivity contribution in [2.45, 2.75) is 64.0 Å². The summed E-state index contributed by atoms with van der Waals surface area (Å²) in [5.41, 5.74) is 1.38. The summed E-state index contributed by atoms with van der Waals surface area (Å²) in [6.45, 7) is 1.78. The van der Waals surface area contributed by atoms with Gasteiger partial charge in [0.2, 0.25) is 21.8 Å². The van der Waals surface area contributed by atoms with Gasteiger partial charge in [0, 0.05) is 17.6 Å². The van der Waals surface area contributed by atoms with Gasteiger partial charge in [-0.05, 0) is 55.5 Å². The molecule has 0 bridgehead atoms. The molecule has 1 N–H and O–H groups in total. The minimum absolute atomic E-state index is 0.118. The highest BCUT2D eigenvalue weighted by molar-refractivity contribution is 7.92. The molecule has 9 heteroatoms. The van der Waals surface area contributed by atoms with E-state index in [1.54, 1.807) is 29.2 Å². The number of anilines is 1. The van der Waals surface area contributed by atoms with Gasteiger partial charge in [-0.15, -0.1) is 0 Å². The van der Waals surface area contributed by atoms with Crippen LogP contribution in [0.5, 0.6) is 0 Å². The lowest BCUT2D eigenvalue weighted by molar-refractivity contribution is -0.140. The average molecular weight is 534 g/mol. The Hall–Kier alpha value is -2.58. The molecule has 0 aliphatic heterocycles. The van der Waals surface area contributed by atoms with Gasteiger partial charge in [-0.1, -0.05) is 68.1 Å². The first-order valence-electron chi connectivity index (χ1n) is 12.6. The standard InChI is InChI=1S/C27H36ClN3O4S/c1-3-25(27(33)29-23-12-8-5-9-13-23)30(19-18-21-10-6-4-7-11-21)26(32)20-31(36(2,34)35)24-16-14-22(28)15-17-24/h4,6-7,10-11,14-17,23,25H,3,5,8-9,12-13,18-20H2,1-2H3,(H,29,33)/t25-/m0/s1. The third-order valence-corrected chi connectivity index (χ3v) is 8.01. The van der Waals surface area contributed by atoms with Crippen molar-refractivity contribution in [2.24, 2.45) is 0 Å². The number of hydrogen-bond donors (Lipinski definition) is 1. The third-order valence-electron chi connectivity index (χ3n) is 6.62. The average Bonchev–Trinajstić information content (AvgIpc) is 2.86. The summed E-state index contributed by atoms with van der Waals surface area (Å²) >= 11 is 5.97. The van der Waals surface area contributed by atoms with E-state index in [0.717, 1.165) is 41.8 Å². The fourth-order valence-corrected chi connectivity index (χ4v) is 5.64. The number of carbonyl (C=O) groups is 2. The Bertz CT molecular complexity index is 1100. The smallest absolute Gasteiger partial charge is 0.244 e. The number of rotatable bonds is 11. The maximum Gasteiger partial charge on any atom is 0.244 e. The molecule has 2 aromatic rings. The fraction of sp³-hybridized carbons (Fsp3) is 0.481. The van der Waals surface area contributed by atoms with Gasteiger partial charge in [0.1, 0.15) is 12.6 Å². The molecule has 0 saturated heterocycles. The first-order chi connectivity index (χ1) is 17.2. The van der Waals surface area contributed by atoms with Gasteiger partial charge in [0.05, 0.1) is 11.9 Å². The van der Waals surface area contributed by atoms with Crippen molar-refractivity contribution in [3.05, 3.63) is 65.2 Å². The molecule has 2 aromatic carbocycles. The SMILES string of the molecule is CC[C@@H](C(=O)NC1CCCCC1)N(CCc1ccccc1)C(=O)CN(c1ccc(Cl)cc1)S(C)(=O)=O. The number of sulfonamides is 1. The first-order valence-corrected chi connectivity index (χ1v) is 14.8. The molecule has 2 amide bonds. The maximum atomic E-state index is 13.7. The summed E-state index contributed by atoms with van der Waals surface area (Å²) in [5, 5.41) is 3.61. The van der Waals surface area contributed by atoms with Crippen LogP contribution in [0.2, 0.25) is 5.02 Å². The second kappa shape index (κ2) is 13.1. The zero-order valence-corrected chi connectivity index (χ0v) is 22.6. The lowest BCUT2D eigenvalue weighted by Crippen LogP contribution is -2.54. The van der Waals surface area contributed by atoms with Gasteiger partial charge in [-0.2, -0.15) is 0 Å². The highest BCUT2D eigenvalue weighted by Crippen LogP contribution is 2.22. The van der Waals surface area contributed by atoms with Crippen molar-refractivity contribution in [2.75, 3.05) is 23.7 Å². The number of benzene rings is 2. The molecule has 1 atom stereocenters. The van der Waals surface area contributed by atoms with Crippen LogP contribution >= 0.6 is 11.6 Å². The Morgan fingerprint density at radius 2 is 1.67 bits per heavy atom. The number of nitrogens with zero attached hydrogens (tertiary/aromatic N) is 2. The molecule has 7 nitrogen and oxygen atoms in total. The van der Waals surface area contributed by atoms with Crippen molar-refractivity contribution in [1.82, 2.24) is 10.2 Å². The lowest BCUT2D eigenvalue weighted by Gasteiger charge is -2.34. The third kappa shape index (κ3) is 7.96. The maximum absolute atomic E-state index is 13.7. The Kier molecular flexibility index (Phi) is 10.2. The van der Waals surface area contributed by atoms with Gasteiger partial charge in [-0.3, -0.25) is 13.9 Å². The van der Waals surface area contributed by atoms with Gasteiger partial charge < -0.3 is 10.2 Å². The summed E-state index contributed by atoms with van der Waals surface area (Å²) in [7, 11) is -3.76. The Morgan fingerprint density at radius 1 is 1.03 bits per heavy atom. The molecule has 1 aliphatic rings. The van der Waals surface area contributed by atoms with E-state index in [1.807, 2.05) is 37.3 Å². The molecule has 0 radical (unpaired) electrons. The molecular formula is C27H36ClN3O4S. The minimum Gasteiger partial charge on any atom is -0.352 e. The van der Waals surface area contributed by atoms with Crippen LogP contribution in [0.15, 0.2) is 54.6 Å².